The molecular formula is C18H19F12O4. The van der Waals surface area contributed by atoms with Crippen LogP contribution in [0.15, 0.2) is 0 Å². The summed E-state index contributed by atoms with van der Waals surface area (Å²) in [6.45, 7) is -2.49. The van der Waals surface area contributed by atoms with Crippen molar-refractivity contribution in [2.45, 2.75) is 73.8 Å². The van der Waals surface area contributed by atoms with Gasteiger partial charge in [0.25, 0.3) is 11.2 Å². The van der Waals surface area contributed by atoms with Crippen LogP contribution in [0.1, 0.15) is 25.7 Å². The van der Waals surface area contributed by atoms with Gasteiger partial charge in [-0.15, -0.1) is 0 Å². The summed E-state index contributed by atoms with van der Waals surface area (Å²) in [7, 11) is 0. The zero-order chi connectivity index (χ0) is 25.8. The summed E-state index contributed by atoms with van der Waals surface area (Å²) in [6, 6.07) is 0. The molecular weight excluding hydrogens is 508 g/mol. The normalized spacial score (nSPS) is 26.1. The lowest BCUT2D eigenvalue weighted by Gasteiger charge is -2.48. The zero-order valence-electron chi connectivity index (χ0n) is 17.1. The van der Waals surface area contributed by atoms with E-state index in [0.717, 1.165) is 0 Å². The number of epoxide rings is 2. The largest absolute Gasteiger partial charge is 0.427 e. The maximum absolute atomic E-state index is 13.8. The van der Waals surface area contributed by atoms with Crippen LogP contribution >= 0.6 is 0 Å². The molecule has 0 aromatic rings. The van der Waals surface area contributed by atoms with Crippen LogP contribution in [0.3, 0.4) is 0 Å². The van der Waals surface area contributed by atoms with Crippen molar-refractivity contribution in [1.29, 1.82) is 0 Å². The first kappa shape index (κ1) is 27.6. The smallest absolute Gasteiger partial charge is 0.371 e. The van der Waals surface area contributed by atoms with Crippen LogP contribution in [0.25, 0.3) is 0 Å². The van der Waals surface area contributed by atoms with Crippen LogP contribution in [0.5, 0.6) is 0 Å². The van der Waals surface area contributed by atoms with Crippen molar-refractivity contribution in [3.05, 3.63) is 5.92 Å². The molecule has 2 saturated heterocycles. The fraction of sp³-hybridized carbons (Fsp3) is 0.944. The number of hydrogen-bond acceptors (Lipinski definition) is 4. The molecule has 0 aromatic heterocycles. The van der Waals surface area contributed by atoms with E-state index in [9.17, 15) is 52.7 Å². The van der Waals surface area contributed by atoms with Crippen LogP contribution in [-0.4, -0.2) is 74.5 Å². The third-order valence-corrected chi connectivity index (χ3v) is 6.09. The highest BCUT2D eigenvalue weighted by Crippen LogP contribution is 2.60. The van der Waals surface area contributed by atoms with Gasteiger partial charge >= 0.3 is 24.7 Å². The van der Waals surface area contributed by atoms with E-state index >= 15 is 0 Å². The van der Waals surface area contributed by atoms with Gasteiger partial charge in [0.15, 0.2) is 0 Å². The summed E-state index contributed by atoms with van der Waals surface area (Å²) in [4.78, 5) is 0. The average molecular weight is 527 g/mol. The standard InChI is InChI=1S/C18H19F12O4/c19-15(20,21)13(16(22,23)24,33-7-11-5-31-11)9-1-2-10(4-3-9)14(17(25,26)27,18(28,29)30)34-8-12-6-32-12/h9,11-12H,1-8H2. The Balaban J connectivity index is 1.89. The van der Waals surface area contributed by atoms with Crippen molar-refractivity contribution < 1.29 is 71.6 Å². The molecule has 199 valence electrons. The molecule has 16 heteroatoms. The Kier molecular flexibility index (Phi) is 7.17. The van der Waals surface area contributed by atoms with Gasteiger partial charge in [-0.05, 0) is 25.7 Å². The van der Waals surface area contributed by atoms with E-state index in [1.54, 1.807) is 0 Å². The van der Waals surface area contributed by atoms with Crippen molar-refractivity contribution in [3.8, 4) is 0 Å². The van der Waals surface area contributed by atoms with Crippen LogP contribution in [0.2, 0.25) is 0 Å². The van der Waals surface area contributed by atoms with E-state index in [-0.39, 0.29) is 13.2 Å². The molecule has 4 nitrogen and oxygen atoms in total. The molecule has 2 heterocycles. The van der Waals surface area contributed by atoms with Crippen molar-refractivity contribution in [2.75, 3.05) is 26.4 Å². The molecule has 0 bridgehead atoms. The maximum atomic E-state index is 13.8. The molecule has 2 unspecified atom stereocenters. The molecule has 3 rings (SSSR count). The summed E-state index contributed by atoms with van der Waals surface area (Å²) in [5, 5.41) is 0. The highest BCUT2D eigenvalue weighted by Gasteiger charge is 2.79. The molecule has 0 N–H and O–H groups in total. The van der Waals surface area contributed by atoms with E-state index in [1.165, 1.54) is 0 Å². The van der Waals surface area contributed by atoms with Gasteiger partial charge in [-0.1, -0.05) is 0 Å². The summed E-state index contributed by atoms with van der Waals surface area (Å²) in [6.07, 6.45) is -31.6. The minimum atomic E-state index is -6.08. The predicted molar refractivity (Wildman–Crippen MR) is 86.3 cm³/mol. The van der Waals surface area contributed by atoms with Gasteiger partial charge in [-0.2, -0.15) is 52.7 Å². The number of hydrogen-bond donors (Lipinski definition) is 0. The second kappa shape index (κ2) is 8.83. The van der Waals surface area contributed by atoms with Gasteiger partial charge in [0.2, 0.25) is 0 Å². The minimum absolute atomic E-state index is 0.143. The predicted octanol–water partition coefficient (Wildman–Crippen LogP) is 5.31. The Labute approximate surface area is 184 Å². The summed E-state index contributed by atoms with van der Waals surface area (Å²) in [5.74, 6) is -3.88. The van der Waals surface area contributed by atoms with Gasteiger partial charge in [0.1, 0.15) is 12.2 Å². The molecule has 2 atom stereocenters. The van der Waals surface area contributed by atoms with Gasteiger partial charge < -0.3 is 18.9 Å². The Hall–Kier alpha value is -1.00. The third-order valence-electron chi connectivity index (χ3n) is 6.09. The van der Waals surface area contributed by atoms with Crippen molar-refractivity contribution >= 4 is 0 Å². The first-order valence-electron chi connectivity index (χ1n) is 10.00. The fourth-order valence-electron chi connectivity index (χ4n) is 4.23. The molecule has 0 amide bonds. The van der Waals surface area contributed by atoms with E-state index in [1.807, 2.05) is 0 Å². The summed E-state index contributed by atoms with van der Waals surface area (Å²) < 4.78 is 183. The number of ether oxygens (including phenoxy) is 4. The molecule has 1 radical (unpaired) electrons. The number of halogens is 12. The quantitative estimate of drug-likeness (QED) is 0.317. The lowest BCUT2D eigenvalue weighted by Crippen LogP contribution is -2.66. The molecule has 0 aromatic carbocycles. The van der Waals surface area contributed by atoms with Crippen LogP contribution in [0, 0.1) is 11.8 Å². The molecule has 3 aliphatic rings. The molecule has 3 fully saturated rings. The van der Waals surface area contributed by atoms with E-state index in [0.29, 0.717) is 0 Å². The highest BCUT2D eigenvalue weighted by atomic mass is 19.4. The molecule has 1 saturated carbocycles. The number of alkyl halides is 12. The van der Waals surface area contributed by atoms with Crippen LogP contribution < -0.4 is 0 Å². The van der Waals surface area contributed by atoms with E-state index in [2.05, 4.69) is 18.9 Å². The summed E-state index contributed by atoms with van der Waals surface area (Å²) in [5.41, 5.74) is -9.63. The minimum Gasteiger partial charge on any atom is -0.371 e. The Morgan fingerprint density at radius 2 is 1.00 bits per heavy atom. The Morgan fingerprint density at radius 1 is 0.618 bits per heavy atom. The van der Waals surface area contributed by atoms with E-state index < -0.39 is 98.8 Å². The Morgan fingerprint density at radius 3 is 1.32 bits per heavy atom. The summed E-state index contributed by atoms with van der Waals surface area (Å²) >= 11 is 0. The van der Waals surface area contributed by atoms with Crippen LogP contribution in [-0.2, 0) is 18.9 Å². The van der Waals surface area contributed by atoms with Gasteiger partial charge in [0, 0.05) is 11.8 Å². The van der Waals surface area contributed by atoms with Crippen molar-refractivity contribution in [1.82, 2.24) is 0 Å². The SMILES string of the molecule is FC(F)(F)C(OCC1CO1)([C]1CCC(C(OCC2CO2)(C(F)(F)F)C(F)(F)F)CC1)C(F)(F)F. The van der Waals surface area contributed by atoms with Crippen molar-refractivity contribution in [2.24, 2.45) is 5.92 Å². The van der Waals surface area contributed by atoms with E-state index in [4.69, 9.17) is 0 Å². The highest BCUT2D eigenvalue weighted by molar-refractivity contribution is 5.21. The lowest BCUT2D eigenvalue weighted by atomic mass is 9.67. The maximum Gasteiger partial charge on any atom is 0.427 e. The average Bonchev–Trinajstić information content (AvgIpc) is 3.54. The Bertz CT molecular complexity index is 610. The lowest BCUT2D eigenvalue weighted by molar-refractivity contribution is -0.402. The third kappa shape index (κ3) is 4.96. The van der Waals surface area contributed by atoms with Gasteiger partial charge in [0.05, 0.1) is 26.4 Å². The van der Waals surface area contributed by atoms with Gasteiger partial charge in [-0.25, -0.2) is 0 Å². The van der Waals surface area contributed by atoms with Crippen molar-refractivity contribution in [3.63, 3.8) is 0 Å². The topological polar surface area (TPSA) is 43.5 Å². The number of rotatable bonds is 8. The second-order valence-corrected chi connectivity index (χ2v) is 8.32. The first-order chi connectivity index (χ1) is 15.4. The monoisotopic (exact) mass is 527 g/mol. The molecule has 2 aliphatic heterocycles. The molecule has 0 spiro atoms. The van der Waals surface area contributed by atoms with Crippen LogP contribution in [0.4, 0.5) is 52.7 Å². The van der Waals surface area contributed by atoms with Gasteiger partial charge in [-0.3, -0.25) is 0 Å². The second-order valence-electron chi connectivity index (χ2n) is 8.32. The molecule has 1 aliphatic carbocycles. The molecule has 34 heavy (non-hydrogen) atoms. The fourth-order valence-corrected chi connectivity index (χ4v) is 4.23. The first-order valence-corrected chi connectivity index (χ1v) is 10.00. The zero-order valence-corrected chi connectivity index (χ0v) is 17.1.